The molecule has 9 heteroatoms. The number of halogens is 3. The van der Waals surface area contributed by atoms with Gasteiger partial charge < -0.3 is 5.32 Å². The standard InChI is InChI=1S/C14H8ClF2N5O/c15-9-4-10(16)13(11(17)5-9)21-14(23)8-1-2-19-12(3-8)22-7-18-6-20-22/h1-7H,(H,21,23). The number of carbonyl (C=O) groups excluding carboxylic acids is 1. The largest absolute Gasteiger partial charge is 0.317 e. The number of aromatic nitrogens is 4. The third-order valence-electron chi connectivity index (χ3n) is 2.91. The van der Waals surface area contributed by atoms with Crippen LogP contribution in [-0.2, 0) is 0 Å². The molecule has 1 aromatic carbocycles. The maximum absolute atomic E-state index is 13.7. The average Bonchev–Trinajstić information content (AvgIpc) is 3.05. The van der Waals surface area contributed by atoms with Gasteiger partial charge in [0.2, 0.25) is 0 Å². The maximum atomic E-state index is 13.7. The van der Waals surface area contributed by atoms with E-state index >= 15 is 0 Å². The highest BCUT2D eigenvalue weighted by atomic mass is 35.5. The Morgan fingerprint density at radius 2 is 1.96 bits per heavy atom. The molecule has 0 bridgehead atoms. The summed E-state index contributed by atoms with van der Waals surface area (Å²) in [5.74, 6) is -2.29. The predicted octanol–water partition coefficient (Wildman–Crippen LogP) is 2.85. The maximum Gasteiger partial charge on any atom is 0.256 e. The van der Waals surface area contributed by atoms with Crippen LogP contribution in [0.3, 0.4) is 0 Å². The van der Waals surface area contributed by atoms with Gasteiger partial charge in [0.15, 0.2) is 17.5 Å². The lowest BCUT2D eigenvalue weighted by Crippen LogP contribution is -2.15. The van der Waals surface area contributed by atoms with E-state index < -0.39 is 23.2 Å². The number of nitrogens with zero attached hydrogens (tertiary/aromatic N) is 4. The van der Waals surface area contributed by atoms with Gasteiger partial charge in [-0.25, -0.2) is 23.4 Å². The molecule has 0 aliphatic carbocycles. The first kappa shape index (κ1) is 15.0. The van der Waals surface area contributed by atoms with Crippen molar-refractivity contribution in [1.82, 2.24) is 19.7 Å². The second-order valence-corrected chi connectivity index (χ2v) is 4.88. The third kappa shape index (κ3) is 3.16. The highest BCUT2D eigenvalue weighted by Gasteiger charge is 2.15. The number of benzene rings is 1. The van der Waals surface area contributed by atoms with Crippen molar-refractivity contribution in [3.63, 3.8) is 0 Å². The van der Waals surface area contributed by atoms with Crippen LogP contribution in [0.25, 0.3) is 5.82 Å². The molecule has 1 N–H and O–H groups in total. The molecule has 3 aromatic rings. The van der Waals surface area contributed by atoms with Crippen LogP contribution in [0.1, 0.15) is 10.4 Å². The molecule has 23 heavy (non-hydrogen) atoms. The Labute approximate surface area is 133 Å². The fourth-order valence-corrected chi connectivity index (χ4v) is 2.05. The van der Waals surface area contributed by atoms with Crippen LogP contribution in [0.5, 0.6) is 0 Å². The third-order valence-corrected chi connectivity index (χ3v) is 3.12. The molecule has 6 nitrogen and oxygen atoms in total. The molecule has 2 heterocycles. The second-order valence-electron chi connectivity index (χ2n) is 4.44. The summed E-state index contributed by atoms with van der Waals surface area (Å²) in [5, 5.41) is 5.96. The molecule has 0 saturated heterocycles. The summed E-state index contributed by atoms with van der Waals surface area (Å²) in [5.41, 5.74) is -0.419. The topological polar surface area (TPSA) is 72.7 Å². The highest BCUT2D eigenvalue weighted by Crippen LogP contribution is 2.24. The van der Waals surface area contributed by atoms with E-state index in [-0.39, 0.29) is 10.6 Å². The van der Waals surface area contributed by atoms with Crippen molar-refractivity contribution >= 4 is 23.2 Å². The number of nitrogens with one attached hydrogen (secondary N) is 1. The molecule has 2 aromatic heterocycles. The Kier molecular flexibility index (Phi) is 3.98. The van der Waals surface area contributed by atoms with Gasteiger partial charge in [-0.15, -0.1) is 0 Å². The summed E-state index contributed by atoms with van der Waals surface area (Å²) in [4.78, 5) is 20.0. The molecule has 0 unspecified atom stereocenters. The summed E-state index contributed by atoms with van der Waals surface area (Å²) in [6.45, 7) is 0. The molecule has 116 valence electrons. The van der Waals surface area contributed by atoms with Crippen molar-refractivity contribution in [3.05, 3.63) is 65.3 Å². The van der Waals surface area contributed by atoms with Gasteiger partial charge in [0, 0.05) is 16.8 Å². The fraction of sp³-hybridized carbons (Fsp3) is 0. The molecule has 0 aliphatic heterocycles. The summed E-state index contributed by atoms with van der Waals surface area (Å²) < 4.78 is 28.8. The lowest BCUT2D eigenvalue weighted by atomic mass is 10.2. The number of pyridine rings is 1. The predicted molar refractivity (Wildman–Crippen MR) is 78.5 cm³/mol. The van der Waals surface area contributed by atoms with Crippen molar-refractivity contribution in [1.29, 1.82) is 0 Å². The van der Waals surface area contributed by atoms with Gasteiger partial charge in [-0.1, -0.05) is 11.6 Å². The van der Waals surface area contributed by atoms with E-state index in [1.807, 2.05) is 0 Å². The normalized spacial score (nSPS) is 10.6. The van der Waals surface area contributed by atoms with Crippen molar-refractivity contribution in [2.45, 2.75) is 0 Å². The quantitative estimate of drug-likeness (QED) is 0.799. The Bertz CT molecular complexity index is 846. The summed E-state index contributed by atoms with van der Waals surface area (Å²) in [6.07, 6.45) is 4.09. The molecule has 0 atom stereocenters. The van der Waals surface area contributed by atoms with Crippen molar-refractivity contribution < 1.29 is 13.6 Å². The first-order valence-electron chi connectivity index (χ1n) is 6.31. The van der Waals surface area contributed by atoms with Crippen LogP contribution >= 0.6 is 11.6 Å². The Morgan fingerprint density at radius 1 is 1.22 bits per heavy atom. The summed E-state index contributed by atoms with van der Waals surface area (Å²) >= 11 is 5.54. The Hall–Kier alpha value is -2.87. The average molecular weight is 336 g/mol. The van der Waals surface area contributed by atoms with Gasteiger partial charge in [-0.05, 0) is 24.3 Å². The number of carbonyl (C=O) groups is 1. The summed E-state index contributed by atoms with van der Waals surface area (Å²) in [7, 11) is 0. The number of rotatable bonds is 3. The molecule has 0 radical (unpaired) electrons. The van der Waals surface area contributed by atoms with Crippen molar-refractivity contribution in [2.24, 2.45) is 0 Å². The minimum atomic E-state index is -0.964. The van der Waals surface area contributed by atoms with Crippen LogP contribution in [0.15, 0.2) is 43.1 Å². The number of amides is 1. The van der Waals surface area contributed by atoms with E-state index in [0.717, 1.165) is 12.1 Å². The van der Waals surface area contributed by atoms with E-state index in [1.54, 1.807) is 0 Å². The molecule has 3 rings (SSSR count). The van der Waals surface area contributed by atoms with E-state index in [9.17, 15) is 13.6 Å². The summed E-state index contributed by atoms with van der Waals surface area (Å²) in [6, 6.07) is 4.64. The van der Waals surface area contributed by atoms with Crippen LogP contribution < -0.4 is 5.32 Å². The lowest BCUT2D eigenvalue weighted by molar-refractivity contribution is 0.102. The van der Waals surface area contributed by atoms with E-state index in [0.29, 0.717) is 5.82 Å². The first-order valence-corrected chi connectivity index (χ1v) is 6.69. The Balaban J connectivity index is 1.89. The number of hydrogen-bond donors (Lipinski definition) is 1. The van der Waals surface area contributed by atoms with Crippen LogP contribution in [0.2, 0.25) is 5.02 Å². The fourth-order valence-electron chi connectivity index (χ4n) is 1.86. The van der Waals surface area contributed by atoms with Gasteiger partial charge >= 0.3 is 0 Å². The van der Waals surface area contributed by atoms with E-state index in [2.05, 4.69) is 20.4 Å². The van der Waals surface area contributed by atoms with Gasteiger partial charge in [-0.2, -0.15) is 5.10 Å². The zero-order valence-electron chi connectivity index (χ0n) is 11.4. The van der Waals surface area contributed by atoms with Crippen LogP contribution in [0.4, 0.5) is 14.5 Å². The molecular weight excluding hydrogens is 328 g/mol. The van der Waals surface area contributed by atoms with Crippen LogP contribution in [-0.4, -0.2) is 25.7 Å². The molecular formula is C14H8ClF2N5O. The lowest BCUT2D eigenvalue weighted by Gasteiger charge is -2.09. The zero-order chi connectivity index (χ0) is 16.4. The Morgan fingerprint density at radius 3 is 2.61 bits per heavy atom. The van der Waals surface area contributed by atoms with Crippen molar-refractivity contribution in [2.75, 3.05) is 5.32 Å². The van der Waals surface area contributed by atoms with Crippen molar-refractivity contribution in [3.8, 4) is 5.82 Å². The molecule has 0 aliphatic rings. The molecule has 0 saturated carbocycles. The van der Waals surface area contributed by atoms with Gasteiger partial charge in [0.25, 0.3) is 5.91 Å². The van der Waals surface area contributed by atoms with E-state index in [4.69, 9.17) is 11.6 Å². The molecule has 1 amide bonds. The van der Waals surface area contributed by atoms with Gasteiger partial charge in [0.05, 0.1) is 0 Å². The highest BCUT2D eigenvalue weighted by molar-refractivity contribution is 6.30. The number of anilines is 1. The molecule has 0 fully saturated rings. The second kappa shape index (κ2) is 6.09. The molecule has 0 spiro atoms. The SMILES string of the molecule is O=C(Nc1c(F)cc(Cl)cc1F)c1ccnc(-n2cncn2)c1. The zero-order valence-corrected chi connectivity index (χ0v) is 12.1. The van der Waals surface area contributed by atoms with Crippen LogP contribution in [0, 0.1) is 11.6 Å². The monoisotopic (exact) mass is 335 g/mol. The van der Waals surface area contributed by atoms with Gasteiger partial charge in [0.1, 0.15) is 18.3 Å². The van der Waals surface area contributed by atoms with Gasteiger partial charge in [-0.3, -0.25) is 4.79 Å². The smallest absolute Gasteiger partial charge is 0.256 e. The minimum Gasteiger partial charge on any atom is -0.317 e. The number of hydrogen-bond acceptors (Lipinski definition) is 4. The first-order chi connectivity index (χ1) is 11.0. The van der Waals surface area contributed by atoms with E-state index in [1.165, 1.54) is 35.7 Å². The minimum absolute atomic E-state index is 0.102.